The maximum absolute atomic E-state index is 11.6. The number of amides is 2. The molecule has 0 fully saturated rings. The summed E-state index contributed by atoms with van der Waals surface area (Å²) in [5, 5.41) is 7.26. The van der Waals surface area contributed by atoms with Crippen LogP contribution in [0.1, 0.15) is 16.1 Å². The largest absolute Gasteiger partial charge is 0.351 e. The summed E-state index contributed by atoms with van der Waals surface area (Å²) in [5.41, 5.74) is 0.699. The Morgan fingerprint density at radius 2 is 2.00 bits per heavy atom. The smallest absolute Gasteiger partial charge is 0.261 e. The summed E-state index contributed by atoms with van der Waals surface area (Å²) in [4.78, 5) is 27.7. The number of thiophene rings is 1. The number of anilines is 1. The van der Waals surface area contributed by atoms with Crippen molar-refractivity contribution in [3.05, 3.63) is 46.9 Å². The van der Waals surface area contributed by atoms with Crippen molar-refractivity contribution in [1.29, 1.82) is 0 Å². The minimum absolute atomic E-state index is 0.141. The third kappa shape index (κ3) is 4.18. The number of rotatable bonds is 5. The first-order chi connectivity index (χ1) is 9.25. The first-order valence-corrected chi connectivity index (χ1v) is 6.65. The zero-order valence-electron chi connectivity index (χ0n) is 10.1. The van der Waals surface area contributed by atoms with E-state index < -0.39 is 0 Å². The lowest BCUT2D eigenvalue weighted by atomic mass is 10.3. The van der Waals surface area contributed by atoms with Crippen LogP contribution in [0.4, 0.5) is 5.69 Å². The van der Waals surface area contributed by atoms with Crippen molar-refractivity contribution in [3.63, 3.8) is 0 Å². The highest BCUT2D eigenvalue weighted by molar-refractivity contribution is 7.12. The highest BCUT2D eigenvalue weighted by Gasteiger charge is 2.07. The van der Waals surface area contributed by atoms with Gasteiger partial charge in [0.2, 0.25) is 5.91 Å². The third-order valence-corrected chi connectivity index (χ3v) is 3.22. The van der Waals surface area contributed by atoms with Crippen molar-refractivity contribution in [2.75, 3.05) is 11.9 Å². The Labute approximate surface area is 114 Å². The maximum atomic E-state index is 11.6. The number of nitrogens with zero attached hydrogens (tertiary/aromatic N) is 1. The number of aromatic nitrogens is 1. The zero-order chi connectivity index (χ0) is 13.5. The molecule has 0 radical (unpaired) electrons. The first kappa shape index (κ1) is 13.2. The summed E-state index contributed by atoms with van der Waals surface area (Å²) in [6.07, 6.45) is 3.45. The van der Waals surface area contributed by atoms with Gasteiger partial charge < -0.3 is 10.6 Å². The van der Waals surface area contributed by atoms with Gasteiger partial charge in [-0.2, -0.15) is 0 Å². The van der Waals surface area contributed by atoms with Crippen LogP contribution in [0.25, 0.3) is 0 Å². The van der Waals surface area contributed by atoms with E-state index >= 15 is 0 Å². The molecule has 0 spiro atoms. The van der Waals surface area contributed by atoms with Crippen LogP contribution in [0.3, 0.4) is 0 Å². The molecule has 98 valence electrons. The Balaban J connectivity index is 1.71. The molecule has 2 aromatic heterocycles. The molecule has 0 aliphatic heterocycles. The highest BCUT2D eigenvalue weighted by atomic mass is 32.1. The summed E-state index contributed by atoms with van der Waals surface area (Å²) in [6.45, 7) is 0.313. The van der Waals surface area contributed by atoms with E-state index in [9.17, 15) is 9.59 Å². The molecule has 19 heavy (non-hydrogen) atoms. The number of hydrogen-bond donors (Lipinski definition) is 2. The molecule has 2 amide bonds. The molecule has 6 heteroatoms. The Hall–Kier alpha value is -2.21. The summed E-state index contributed by atoms with van der Waals surface area (Å²) in [7, 11) is 0. The normalized spacial score (nSPS) is 9.89. The minimum atomic E-state index is -0.147. The fourth-order valence-electron chi connectivity index (χ4n) is 1.44. The quantitative estimate of drug-likeness (QED) is 0.875. The summed E-state index contributed by atoms with van der Waals surface area (Å²) in [6, 6.07) is 6.98. The molecule has 2 rings (SSSR count). The molecule has 0 saturated heterocycles. The predicted octanol–water partition coefficient (Wildman–Crippen LogP) is 1.90. The molecule has 0 aliphatic carbocycles. The van der Waals surface area contributed by atoms with E-state index in [1.54, 1.807) is 30.6 Å². The standard InChI is InChI=1S/C13H13N3O2S/c17-12(16-10-3-6-14-7-4-10)5-8-15-13(18)11-2-1-9-19-11/h1-4,6-7,9H,5,8H2,(H,15,18)(H,14,16,17). The average molecular weight is 275 g/mol. The number of pyridine rings is 1. The van der Waals surface area contributed by atoms with Gasteiger partial charge in [-0.1, -0.05) is 6.07 Å². The van der Waals surface area contributed by atoms with Crippen LogP contribution in [0.15, 0.2) is 42.0 Å². The zero-order valence-corrected chi connectivity index (χ0v) is 10.9. The van der Waals surface area contributed by atoms with Crippen LogP contribution in [0, 0.1) is 0 Å². The van der Waals surface area contributed by atoms with Crippen LogP contribution in [-0.2, 0) is 4.79 Å². The van der Waals surface area contributed by atoms with Crippen LogP contribution >= 0.6 is 11.3 Å². The van der Waals surface area contributed by atoms with Gasteiger partial charge in [-0.05, 0) is 23.6 Å². The van der Waals surface area contributed by atoms with Gasteiger partial charge in [0, 0.05) is 31.0 Å². The van der Waals surface area contributed by atoms with E-state index in [0.717, 1.165) is 0 Å². The van der Waals surface area contributed by atoms with Crippen molar-refractivity contribution >= 4 is 28.8 Å². The topological polar surface area (TPSA) is 71.1 Å². The molecule has 0 aliphatic rings. The van der Waals surface area contributed by atoms with Gasteiger partial charge in [-0.3, -0.25) is 14.6 Å². The Morgan fingerprint density at radius 3 is 2.68 bits per heavy atom. The second kappa shape index (κ2) is 6.65. The minimum Gasteiger partial charge on any atom is -0.351 e. The third-order valence-electron chi connectivity index (χ3n) is 2.35. The number of hydrogen-bond acceptors (Lipinski definition) is 4. The van der Waals surface area contributed by atoms with E-state index in [-0.39, 0.29) is 18.2 Å². The molecular weight excluding hydrogens is 262 g/mol. The lowest BCUT2D eigenvalue weighted by molar-refractivity contribution is -0.116. The highest BCUT2D eigenvalue weighted by Crippen LogP contribution is 2.07. The van der Waals surface area contributed by atoms with Crippen molar-refractivity contribution in [1.82, 2.24) is 10.3 Å². The van der Waals surface area contributed by atoms with Gasteiger partial charge in [0.05, 0.1) is 4.88 Å². The Bertz CT molecular complexity index is 540. The average Bonchev–Trinajstić information content (AvgIpc) is 2.93. The van der Waals surface area contributed by atoms with E-state index in [0.29, 0.717) is 17.1 Å². The molecule has 2 heterocycles. The van der Waals surface area contributed by atoms with Crippen LogP contribution in [-0.4, -0.2) is 23.3 Å². The molecule has 0 atom stereocenters. The second-order valence-corrected chi connectivity index (χ2v) is 4.71. The number of carbonyl (C=O) groups excluding carboxylic acids is 2. The van der Waals surface area contributed by atoms with Gasteiger partial charge in [0.25, 0.3) is 5.91 Å². The van der Waals surface area contributed by atoms with Gasteiger partial charge in [0.1, 0.15) is 0 Å². The molecule has 0 bridgehead atoms. The van der Waals surface area contributed by atoms with Crippen LogP contribution in [0.2, 0.25) is 0 Å². The molecule has 2 aromatic rings. The summed E-state index contributed by atoms with van der Waals surface area (Å²) in [5.74, 6) is -0.288. The van der Waals surface area contributed by atoms with Crippen molar-refractivity contribution in [3.8, 4) is 0 Å². The van der Waals surface area contributed by atoms with E-state index in [2.05, 4.69) is 15.6 Å². The Kier molecular flexibility index (Phi) is 4.63. The summed E-state index contributed by atoms with van der Waals surface area (Å²) < 4.78 is 0. The second-order valence-electron chi connectivity index (χ2n) is 3.77. The molecule has 5 nitrogen and oxygen atoms in total. The number of carbonyl (C=O) groups is 2. The van der Waals surface area contributed by atoms with Gasteiger partial charge in [-0.25, -0.2) is 0 Å². The molecule has 0 unspecified atom stereocenters. The van der Waals surface area contributed by atoms with Crippen molar-refractivity contribution in [2.45, 2.75) is 6.42 Å². The Morgan fingerprint density at radius 1 is 1.21 bits per heavy atom. The van der Waals surface area contributed by atoms with E-state index in [1.165, 1.54) is 11.3 Å². The molecule has 0 saturated carbocycles. The van der Waals surface area contributed by atoms with Crippen molar-refractivity contribution in [2.24, 2.45) is 0 Å². The fraction of sp³-hybridized carbons (Fsp3) is 0.154. The maximum Gasteiger partial charge on any atom is 0.261 e. The van der Waals surface area contributed by atoms with Gasteiger partial charge in [-0.15, -0.1) is 11.3 Å². The lowest BCUT2D eigenvalue weighted by Gasteiger charge is -2.05. The lowest BCUT2D eigenvalue weighted by Crippen LogP contribution is -2.27. The van der Waals surface area contributed by atoms with Gasteiger partial charge >= 0.3 is 0 Å². The van der Waals surface area contributed by atoms with Crippen molar-refractivity contribution < 1.29 is 9.59 Å². The summed E-state index contributed by atoms with van der Waals surface area (Å²) >= 11 is 1.37. The van der Waals surface area contributed by atoms with Crippen LogP contribution < -0.4 is 10.6 Å². The first-order valence-electron chi connectivity index (χ1n) is 5.77. The van der Waals surface area contributed by atoms with Crippen LogP contribution in [0.5, 0.6) is 0 Å². The number of nitrogens with one attached hydrogen (secondary N) is 2. The van der Waals surface area contributed by atoms with Gasteiger partial charge in [0.15, 0.2) is 0 Å². The SMILES string of the molecule is O=C(CCNC(=O)c1cccs1)Nc1ccncc1. The van der Waals surface area contributed by atoms with E-state index in [4.69, 9.17) is 0 Å². The molecule has 0 aromatic carbocycles. The van der Waals surface area contributed by atoms with E-state index in [1.807, 2.05) is 11.4 Å². The molecular formula is C13H13N3O2S. The fourth-order valence-corrected chi connectivity index (χ4v) is 2.08. The predicted molar refractivity (Wildman–Crippen MR) is 74.1 cm³/mol. The molecule has 2 N–H and O–H groups in total. The monoisotopic (exact) mass is 275 g/mol.